The number of ether oxygens (including phenoxy) is 2. The molecule has 0 aromatic heterocycles. The third-order valence-corrected chi connectivity index (χ3v) is 4.67. The highest BCUT2D eigenvalue weighted by Crippen LogP contribution is 2.32. The summed E-state index contributed by atoms with van der Waals surface area (Å²) in [5.41, 5.74) is 6.02. The summed E-state index contributed by atoms with van der Waals surface area (Å²) in [5.74, 6) is 0.221. The second-order valence-corrected chi connectivity index (χ2v) is 6.51. The Bertz CT molecular complexity index is 548. The summed E-state index contributed by atoms with van der Waals surface area (Å²) < 4.78 is 37.4. The Morgan fingerprint density at radius 1 is 1.42 bits per heavy atom. The van der Waals surface area contributed by atoms with Crippen molar-refractivity contribution >= 4 is 31.6 Å². The van der Waals surface area contributed by atoms with Crippen molar-refractivity contribution in [3.8, 4) is 5.75 Å². The van der Waals surface area contributed by atoms with Gasteiger partial charge < -0.3 is 15.2 Å². The molecule has 0 spiro atoms. The predicted molar refractivity (Wildman–Crippen MR) is 76.8 cm³/mol. The molecule has 1 aromatic rings. The van der Waals surface area contributed by atoms with E-state index < -0.39 is 10.0 Å². The molecule has 0 saturated heterocycles. The molecule has 0 radical (unpaired) electrons. The topological polar surface area (TPSA) is 90.7 Å². The molecule has 0 amide bonds. The van der Waals surface area contributed by atoms with Gasteiger partial charge in [-0.1, -0.05) is 0 Å². The summed E-state index contributed by atoms with van der Waals surface area (Å²) in [6.45, 7) is 1.92. The molecule has 1 rings (SSSR count). The van der Waals surface area contributed by atoms with Crippen LogP contribution in [0.3, 0.4) is 0 Å². The molecule has 0 saturated carbocycles. The third kappa shape index (κ3) is 4.07. The summed E-state index contributed by atoms with van der Waals surface area (Å²) in [4.78, 5) is -0.000923. The number of nitrogens with two attached hydrogens (primary N) is 1. The maximum atomic E-state index is 12.2. The van der Waals surface area contributed by atoms with Crippen molar-refractivity contribution in [1.82, 2.24) is 4.72 Å². The number of benzene rings is 1. The summed E-state index contributed by atoms with van der Waals surface area (Å²) >= 11 is 3.22. The molecule has 3 N–H and O–H groups in total. The summed E-state index contributed by atoms with van der Waals surface area (Å²) in [7, 11) is -0.795. The van der Waals surface area contributed by atoms with Gasteiger partial charge in [-0.2, -0.15) is 0 Å². The van der Waals surface area contributed by atoms with Gasteiger partial charge in [0.15, 0.2) is 0 Å². The van der Waals surface area contributed by atoms with Crippen LogP contribution in [0.15, 0.2) is 21.5 Å². The van der Waals surface area contributed by atoms with Crippen LogP contribution in [0.1, 0.15) is 6.92 Å². The molecule has 108 valence electrons. The van der Waals surface area contributed by atoms with Gasteiger partial charge in [-0.15, -0.1) is 0 Å². The molecule has 0 aliphatic carbocycles. The molecule has 0 fully saturated rings. The Balaban J connectivity index is 3.10. The lowest BCUT2D eigenvalue weighted by molar-refractivity contribution is 0.122. The highest BCUT2D eigenvalue weighted by atomic mass is 79.9. The van der Waals surface area contributed by atoms with Gasteiger partial charge in [0.1, 0.15) is 10.6 Å². The first kappa shape index (κ1) is 16.2. The van der Waals surface area contributed by atoms with E-state index in [0.717, 1.165) is 0 Å². The minimum absolute atomic E-state index is 0.000923. The van der Waals surface area contributed by atoms with Crippen LogP contribution in [-0.2, 0) is 14.8 Å². The van der Waals surface area contributed by atoms with Gasteiger partial charge in [0.05, 0.1) is 13.2 Å². The second-order valence-electron chi connectivity index (χ2n) is 3.92. The zero-order chi connectivity index (χ0) is 14.6. The van der Waals surface area contributed by atoms with Crippen LogP contribution in [0.25, 0.3) is 0 Å². The largest absolute Gasteiger partial charge is 0.495 e. The van der Waals surface area contributed by atoms with E-state index in [9.17, 15) is 8.42 Å². The van der Waals surface area contributed by atoms with Gasteiger partial charge in [0, 0.05) is 23.8 Å². The van der Waals surface area contributed by atoms with E-state index in [-0.39, 0.29) is 23.3 Å². The van der Waals surface area contributed by atoms with Crippen molar-refractivity contribution in [2.24, 2.45) is 0 Å². The Labute approximate surface area is 121 Å². The number of methoxy groups -OCH3 is 2. The first-order valence-electron chi connectivity index (χ1n) is 5.47. The molecule has 1 unspecified atom stereocenters. The summed E-state index contributed by atoms with van der Waals surface area (Å²) in [5, 5.41) is 0. The lowest BCUT2D eigenvalue weighted by Crippen LogP contribution is -2.31. The van der Waals surface area contributed by atoms with E-state index in [1.54, 1.807) is 6.92 Å². The second kappa shape index (κ2) is 6.56. The fraction of sp³-hybridized carbons (Fsp3) is 0.455. The molecule has 19 heavy (non-hydrogen) atoms. The van der Waals surface area contributed by atoms with E-state index in [4.69, 9.17) is 15.2 Å². The van der Waals surface area contributed by atoms with Gasteiger partial charge in [-0.3, -0.25) is 0 Å². The number of hydrogen-bond donors (Lipinski definition) is 2. The van der Waals surface area contributed by atoms with E-state index in [2.05, 4.69) is 20.7 Å². The van der Waals surface area contributed by atoms with Crippen LogP contribution in [0.2, 0.25) is 0 Å². The maximum Gasteiger partial charge on any atom is 0.244 e. The van der Waals surface area contributed by atoms with Crippen LogP contribution < -0.4 is 15.2 Å². The quantitative estimate of drug-likeness (QED) is 0.754. The molecule has 1 atom stereocenters. The standard InChI is InChI=1S/C11H17BrN2O4S/c1-7(17-2)6-14-19(15,16)11-5-9(13)8(12)4-10(11)18-3/h4-5,7,14H,6,13H2,1-3H3. The molecule has 6 nitrogen and oxygen atoms in total. The van der Waals surface area contributed by atoms with Crippen molar-refractivity contribution in [3.63, 3.8) is 0 Å². The molecule has 8 heteroatoms. The summed E-state index contributed by atoms with van der Waals surface area (Å²) in [6, 6.07) is 2.87. The molecule has 0 aliphatic rings. The highest BCUT2D eigenvalue weighted by molar-refractivity contribution is 9.10. The van der Waals surface area contributed by atoms with Gasteiger partial charge in [0.2, 0.25) is 10.0 Å². The van der Waals surface area contributed by atoms with Crippen molar-refractivity contribution in [1.29, 1.82) is 0 Å². The van der Waals surface area contributed by atoms with Gasteiger partial charge in [-0.05, 0) is 35.0 Å². The normalized spacial score (nSPS) is 13.3. The Morgan fingerprint density at radius 3 is 2.58 bits per heavy atom. The number of rotatable bonds is 6. The lowest BCUT2D eigenvalue weighted by Gasteiger charge is -2.14. The van der Waals surface area contributed by atoms with Crippen LogP contribution >= 0.6 is 15.9 Å². The van der Waals surface area contributed by atoms with Gasteiger partial charge >= 0.3 is 0 Å². The number of hydrogen-bond acceptors (Lipinski definition) is 5. The minimum atomic E-state index is -3.70. The van der Waals surface area contributed by atoms with Gasteiger partial charge in [0.25, 0.3) is 0 Å². The number of halogens is 1. The number of anilines is 1. The van der Waals surface area contributed by atoms with Crippen molar-refractivity contribution in [2.75, 3.05) is 26.5 Å². The van der Waals surface area contributed by atoms with E-state index >= 15 is 0 Å². The molecule has 0 heterocycles. The van der Waals surface area contributed by atoms with Crippen LogP contribution in [0.5, 0.6) is 5.75 Å². The molecule has 0 bridgehead atoms. The Kier molecular flexibility index (Phi) is 5.60. The zero-order valence-corrected chi connectivity index (χ0v) is 13.3. The number of nitrogens with one attached hydrogen (secondary N) is 1. The van der Waals surface area contributed by atoms with Crippen molar-refractivity contribution < 1.29 is 17.9 Å². The minimum Gasteiger partial charge on any atom is -0.495 e. The van der Waals surface area contributed by atoms with E-state index in [1.807, 2.05) is 0 Å². The maximum absolute atomic E-state index is 12.2. The van der Waals surface area contributed by atoms with Crippen LogP contribution in [0, 0.1) is 0 Å². The molecule has 0 aliphatic heterocycles. The van der Waals surface area contributed by atoms with Gasteiger partial charge in [-0.25, -0.2) is 13.1 Å². The first-order valence-corrected chi connectivity index (χ1v) is 7.75. The number of nitrogen functional groups attached to an aromatic ring is 1. The van der Waals surface area contributed by atoms with E-state index in [0.29, 0.717) is 10.2 Å². The Morgan fingerprint density at radius 2 is 2.05 bits per heavy atom. The van der Waals surface area contributed by atoms with Crippen LogP contribution in [0.4, 0.5) is 5.69 Å². The average molecular weight is 353 g/mol. The fourth-order valence-electron chi connectivity index (χ4n) is 1.31. The van der Waals surface area contributed by atoms with E-state index in [1.165, 1.54) is 26.4 Å². The Hall–Kier alpha value is -0.830. The highest BCUT2D eigenvalue weighted by Gasteiger charge is 2.21. The predicted octanol–water partition coefficient (Wildman–Crippen LogP) is 1.35. The fourth-order valence-corrected chi connectivity index (χ4v) is 2.93. The smallest absolute Gasteiger partial charge is 0.244 e. The zero-order valence-electron chi connectivity index (χ0n) is 10.9. The summed E-state index contributed by atoms with van der Waals surface area (Å²) in [6.07, 6.45) is -0.228. The number of sulfonamides is 1. The lowest BCUT2D eigenvalue weighted by atomic mass is 10.3. The van der Waals surface area contributed by atoms with Crippen LogP contribution in [-0.4, -0.2) is 35.3 Å². The van der Waals surface area contributed by atoms with Crippen molar-refractivity contribution in [2.45, 2.75) is 17.9 Å². The average Bonchev–Trinajstić information content (AvgIpc) is 2.38. The molecular formula is C11H17BrN2O4S. The SMILES string of the molecule is COc1cc(Br)c(N)cc1S(=O)(=O)NCC(C)OC. The third-order valence-electron chi connectivity index (χ3n) is 2.54. The molecule has 1 aromatic carbocycles. The molecular weight excluding hydrogens is 336 g/mol. The monoisotopic (exact) mass is 352 g/mol. The first-order chi connectivity index (χ1) is 8.81. The van der Waals surface area contributed by atoms with Crippen molar-refractivity contribution in [3.05, 3.63) is 16.6 Å².